The zero-order valence-corrected chi connectivity index (χ0v) is 9.56. The molecule has 1 aromatic heterocycles. The minimum Gasteiger partial charge on any atom is -0.393 e. The van der Waals surface area contributed by atoms with Crippen molar-refractivity contribution in [1.82, 2.24) is 4.98 Å². The zero-order chi connectivity index (χ0) is 11.4. The SMILES string of the molecule is OC(Cc1ccncc1Cl)CC1OCCO1. The molecule has 1 unspecified atom stereocenters. The number of ether oxygens (including phenoxy) is 2. The summed E-state index contributed by atoms with van der Waals surface area (Å²) < 4.78 is 10.5. The van der Waals surface area contributed by atoms with Gasteiger partial charge in [0, 0.05) is 25.2 Å². The van der Waals surface area contributed by atoms with Crippen molar-refractivity contribution in [3.63, 3.8) is 0 Å². The lowest BCUT2D eigenvalue weighted by Crippen LogP contribution is -2.20. The summed E-state index contributed by atoms with van der Waals surface area (Å²) in [5.41, 5.74) is 0.891. The average molecular weight is 244 g/mol. The van der Waals surface area contributed by atoms with Crippen LogP contribution in [-0.4, -0.2) is 35.7 Å². The molecule has 0 aromatic carbocycles. The third kappa shape index (κ3) is 3.15. The van der Waals surface area contributed by atoms with Gasteiger partial charge in [-0.3, -0.25) is 4.98 Å². The predicted octanol–water partition coefficient (Wildman–Crippen LogP) is 1.40. The third-order valence-corrected chi connectivity index (χ3v) is 2.81. The fourth-order valence-corrected chi connectivity index (χ4v) is 1.87. The Bertz CT molecular complexity index is 342. The lowest BCUT2D eigenvalue weighted by atomic mass is 10.1. The Kier molecular flexibility index (Phi) is 4.12. The summed E-state index contributed by atoms with van der Waals surface area (Å²) in [7, 11) is 0. The van der Waals surface area contributed by atoms with Crippen molar-refractivity contribution in [3.05, 3.63) is 29.0 Å². The summed E-state index contributed by atoms with van der Waals surface area (Å²) in [5, 5.41) is 10.4. The molecule has 1 fully saturated rings. The highest BCUT2D eigenvalue weighted by molar-refractivity contribution is 6.31. The van der Waals surface area contributed by atoms with Crippen LogP contribution in [0.4, 0.5) is 0 Å². The number of rotatable bonds is 4. The number of hydrogen-bond donors (Lipinski definition) is 1. The lowest BCUT2D eigenvalue weighted by molar-refractivity contribution is -0.0698. The molecule has 0 spiro atoms. The second-order valence-electron chi connectivity index (χ2n) is 3.73. The van der Waals surface area contributed by atoms with Gasteiger partial charge in [0.2, 0.25) is 0 Å². The van der Waals surface area contributed by atoms with Crippen LogP contribution < -0.4 is 0 Å². The second-order valence-corrected chi connectivity index (χ2v) is 4.14. The van der Waals surface area contributed by atoms with Gasteiger partial charge in [-0.1, -0.05) is 11.6 Å². The van der Waals surface area contributed by atoms with Gasteiger partial charge >= 0.3 is 0 Å². The van der Waals surface area contributed by atoms with Crippen LogP contribution >= 0.6 is 11.6 Å². The first kappa shape index (κ1) is 11.8. The van der Waals surface area contributed by atoms with Crippen molar-refractivity contribution < 1.29 is 14.6 Å². The molecule has 1 aliphatic heterocycles. The fourth-order valence-electron chi connectivity index (χ4n) is 1.67. The molecule has 1 aromatic rings. The molecule has 5 heteroatoms. The summed E-state index contributed by atoms with van der Waals surface area (Å²) in [6.45, 7) is 1.21. The van der Waals surface area contributed by atoms with Gasteiger partial charge < -0.3 is 14.6 Å². The van der Waals surface area contributed by atoms with Gasteiger partial charge in [0.05, 0.1) is 24.3 Å². The van der Waals surface area contributed by atoms with E-state index in [1.807, 2.05) is 6.07 Å². The molecule has 88 valence electrons. The number of aliphatic hydroxyl groups excluding tert-OH is 1. The van der Waals surface area contributed by atoms with Gasteiger partial charge in [-0.2, -0.15) is 0 Å². The van der Waals surface area contributed by atoms with Crippen molar-refractivity contribution in [2.75, 3.05) is 13.2 Å². The molecule has 1 N–H and O–H groups in total. The number of aromatic nitrogens is 1. The second kappa shape index (κ2) is 5.59. The van der Waals surface area contributed by atoms with Crippen LogP contribution in [0, 0.1) is 0 Å². The first-order chi connectivity index (χ1) is 7.75. The average Bonchev–Trinajstić information content (AvgIpc) is 2.74. The van der Waals surface area contributed by atoms with Gasteiger partial charge in [0.1, 0.15) is 0 Å². The highest BCUT2D eigenvalue weighted by Gasteiger charge is 2.20. The van der Waals surface area contributed by atoms with E-state index in [1.54, 1.807) is 12.4 Å². The van der Waals surface area contributed by atoms with Gasteiger partial charge in [-0.15, -0.1) is 0 Å². The molecule has 0 bridgehead atoms. The maximum absolute atomic E-state index is 9.85. The van der Waals surface area contributed by atoms with Crippen LogP contribution in [0.1, 0.15) is 12.0 Å². The fraction of sp³-hybridized carbons (Fsp3) is 0.545. The van der Waals surface area contributed by atoms with E-state index in [2.05, 4.69) is 4.98 Å². The Morgan fingerprint density at radius 1 is 1.50 bits per heavy atom. The van der Waals surface area contributed by atoms with E-state index in [4.69, 9.17) is 21.1 Å². The quantitative estimate of drug-likeness (QED) is 0.869. The van der Waals surface area contributed by atoms with Crippen molar-refractivity contribution >= 4 is 11.6 Å². The maximum Gasteiger partial charge on any atom is 0.160 e. The van der Waals surface area contributed by atoms with Crippen molar-refractivity contribution in [1.29, 1.82) is 0 Å². The molecule has 2 rings (SSSR count). The standard InChI is InChI=1S/C11H14ClNO3/c12-10-7-13-2-1-8(10)5-9(14)6-11-15-3-4-16-11/h1-2,7,9,11,14H,3-6H2. The molecule has 4 nitrogen and oxygen atoms in total. The largest absolute Gasteiger partial charge is 0.393 e. The van der Waals surface area contributed by atoms with E-state index in [0.717, 1.165) is 5.56 Å². The molecule has 0 saturated carbocycles. The smallest absolute Gasteiger partial charge is 0.160 e. The number of halogens is 1. The van der Waals surface area contributed by atoms with Crippen LogP contribution in [-0.2, 0) is 15.9 Å². The Hall–Kier alpha value is -0.680. The lowest BCUT2D eigenvalue weighted by Gasteiger charge is -2.15. The molecule has 1 saturated heterocycles. The summed E-state index contributed by atoms with van der Waals surface area (Å²) >= 11 is 5.95. The Morgan fingerprint density at radius 3 is 2.94 bits per heavy atom. The van der Waals surface area contributed by atoms with E-state index in [1.165, 1.54) is 0 Å². The Morgan fingerprint density at radius 2 is 2.25 bits per heavy atom. The summed E-state index contributed by atoms with van der Waals surface area (Å²) in [6.07, 6.45) is 3.41. The molecule has 2 heterocycles. The molecular weight excluding hydrogens is 230 g/mol. The van der Waals surface area contributed by atoms with E-state index >= 15 is 0 Å². The third-order valence-electron chi connectivity index (χ3n) is 2.47. The monoisotopic (exact) mass is 243 g/mol. The summed E-state index contributed by atoms with van der Waals surface area (Å²) in [6, 6.07) is 1.81. The van der Waals surface area contributed by atoms with Crippen molar-refractivity contribution in [2.45, 2.75) is 25.2 Å². The topological polar surface area (TPSA) is 51.6 Å². The molecule has 1 atom stereocenters. The van der Waals surface area contributed by atoms with Crippen LogP contribution in [0.25, 0.3) is 0 Å². The van der Waals surface area contributed by atoms with Gasteiger partial charge in [0.25, 0.3) is 0 Å². The number of aliphatic hydroxyl groups is 1. The van der Waals surface area contributed by atoms with Crippen LogP contribution in [0.15, 0.2) is 18.5 Å². The van der Waals surface area contributed by atoms with Crippen molar-refractivity contribution in [3.8, 4) is 0 Å². The molecule has 0 aliphatic carbocycles. The normalized spacial score (nSPS) is 18.9. The van der Waals surface area contributed by atoms with Crippen molar-refractivity contribution in [2.24, 2.45) is 0 Å². The van der Waals surface area contributed by atoms with Gasteiger partial charge in [0.15, 0.2) is 6.29 Å². The minimum absolute atomic E-state index is 0.282. The number of nitrogens with zero attached hydrogens (tertiary/aromatic N) is 1. The van der Waals surface area contributed by atoms with E-state index < -0.39 is 6.10 Å². The molecule has 0 radical (unpaired) electrons. The first-order valence-electron chi connectivity index (χ1n) is 5.25. The first-order valence-corrected chi connectivity index (χ1v) is 5.63. The molecule has 16 heavy (non-hydrogen) atoms. The Labute approximate surface area is 99.2 Å². The summed E-state index contributed by atoms with van der Waals surface area (Å²) in [5.74, 6) is 0. The molecule has 0 amide bonds. The zero-order valence-electron chi connectivity index (χ0n) is 8.80. The molecular formula is C11H14ClNO3. The van der Waals surface area contributed by atoms with E-state index in [9.17, 15) is 5.11 Å². The van der Waals surface area contributed by atoms with E-state index in [-0.39, 0.29) is 6.29 Å². The van der Waals surface area contributed by atoms with E-state index in [0.29, 0.717) is 31.1 Å². The number of hydrogen-bond acceptors (Lipinski definition) is 4. The van der Waals surface area contributed by atoms with Crippen LogP contribution in [0.2, 0.25) is 5.02 Å². The molecule has 1 aliphatic rings. The van der Waals surface area contributed by atoms with Gasteiger partial charge in [-0.25, -0.2) is 0 Å². The van der Waals surface area contributed by atoms with Crippen LogP contribution in [0.3, 0.4) is 0 Å². The highest BCUT2D eigenvalue weighted by atomic mass is 35.5. The predicted molar refractivity (Wildman–Crippen MR) is 59.3 cm³/mol. The highest BCUT2D eigenvalue weighted by Crippen LogP contribution is 2.18. The number of pyridine rings is 1. The van der Waals surface area contributed by atoms with Gasteiger partial charge in [-0.05, 0) is 11.6 Å². The summed E-state index contributed by atoms with van der Waals surface area (Å²) in [4.78, 5) is 3.89. The minimum atomic E-state index is -0.511. The maximum atomic E-state index is 9.85. The Balaban J connectivity index is 1.86. The van der Waals surface area contributed by atoms with Crippen LogP contribution in [0.5, 0.6) is 0 Å².